The van der Waals surface area contributed by atoms with Crippen molar-refractivity contribution in [3.63, 3.8) is 0 Å². The first-order valence-electron chi connectivity index (χ1n) is 9.77. The van der Waals surface area contributed by atoms with Gasteiger partial charge in [-0.3, -0.25) is 4.90 Å². The molecule has 1 heterocycles. The minimum absolute atomic E-state index is 0.222. The van der Waals surface area contributed by atoms with Crippen LogP contribution in [0.2, 0.25) is 0 Å². The van der Waals surface area contributed by atoms with Crippen molar-refractivity contribution in [3.8, 4) is 0 Å². The zero-order valence-electron chi connectivity index (χ0n) is 16.2. The van der Waals surface area contributed by atoms with Crippen molar-refractivity contribution in [2.45, 2.75) is 6.10 Å². The molecule has 28 heavy (non-hydrogen) atoms. The molecule has 1 saturated heterocycles. The summed E-state index contributed by atoms with van der Waals surface area (Å²) in [4.78, 5) is 6.89. The quantitative estimate of drug-likeness (QED) is 0.566. The first kappa shape index (κ1) is 20.3. The van der Waals surface area contributed by atoms with Gasteiger partial charge in [-0.25, -0.2) is 0 Å². The van der Waals surface area contributed by atoms with E-state index in [1.807, 2.05) is 48.5 Å². The predicted octanol–water partition coefficient (Wildman–Crippen LogP) is 0.833. The SMILES string of the molecule is Nc1ccc(N2CCN(CC(O)CO)CCN(c3ccc(N)cc3)CC2)cc1. The summed E-state index contributed by atoms with van der Waals surface area (Å²) in [6, 6.07) is 15.9. The van der Waals surface area contributed by atoms with Gasteiger partial charge in [-0.15, -0.1) is 0 Å². The van der Waals surface area contributed by atoms with Crippen LogP contribution in [-0.4, -0.2) is 73.6 Å². The van der Waals surface area contributed by atoms with Crippen LogP contribution in [0, 0.1) is 0 Å². The highest BCUT2D eigenvalue weighted by Gasteiger charge is 2.19. The predicted molar refractivity (Wildman–Crippen MR) is 116 cm³/mol. The fourth-order valence-electron chi connectivity index (χ4n) is 3.53. The van der Waals surface area contributed by atoms with Gasteiger partial charge in [-0.05, 0) is 48.5 Å². The molecule has 0 aromatic heterocycles. The Morgan fingerprint density at radius 1 is 0.714 bits per heavy atom. The van der Waals surface area contributed by atoms with Gasteiger partial charge in [0.2, 0.25) is 0 Å². The molecule has 2 aromatic rings. The summed E-state index contributed by atoms with van der Waals surface area (Å²) in [7, 11) is 0. The zero-order valence-corrected chi connectivity index (χ0v) is 16.2. The molecular formula is C21H31N5O2. The Morgan fingerprint density at radius 2 is 1.11 bits per heavy atom. The molecule has 1 fully saturated rings. The molecular weight excluding hydrogens is 354 g/mol. The molecule has 6 N–H and O–H groups in total. The molecule has 7 heteroatoms. The summed E-state index contributed by atoms with van der Waals surface area (Å²) in [6.07, 6.45) is -0.726. The highest BCUT2D eigenvalue weighted by molar-refractivity contribution is 5.55. The van der Waals surface area contributed by atoms with Crippen LogP contribution in [0.15, 0.2) is 48.5 Å². The van der Waals surface area contributed by atoms with E-state index in [4.69, 9.17) is 11.5 Å². The second-order valence-corrected chi connectivity index (χ2v) is 7.29. The number of β-amino-alcohol motifs (C(OH)–C–C–N with tert-alkyl or cyclic N) is 1. The molecule has 3 rings (SSSR count). The Labute approximate surface area is 166 Å². The molecule has 0 aliphatic carbocycles. The summed E-state index contributed by atoms with van der Waals surface area (Å²) in [5.74, 6) is 0. The average Bonchev–Trinajstić information content (AvgIpc) is 2.80. The summed E-state index contributed by atoms with van der Waals surface area (Å²) in [5.41, 5.74) is 15.5. The minimum atomic E-state index is -0.726. The number of benzene rings is 2. The van der Waals surface area contributed by atoms with Gasteiger partial charge in [-0.1, -0.05) is 0 Å². The highest BCUT2D eigenvalue weighted by atomic mass is 16.3. The molecule has 0 spiro atoms. The standard InChI is InChI=1S/C21H31N5O2/c22-17-1-5-19(6-2-17)25-11-9-24(15-21(28)16-27)10-12-26(14-13-25)20-7-3-18(23)4-8-20/h1-8,21,27-28H,9-16,22-23H2. The van der Waals surface area contributed by atoms with Crippen molar-refractivity contribution >= 4 is 22.7 Å². The number of hydrogen-bond donors (Lipinski definition) is 4. The van der Waals surface area contributed by atoms with Crippen molar-refractivity contribution in [1.82, 2.24) is 4.90 Å². The van der Waals surface area contributed by atoms with E-state index in [0.29, 0.717) is 6.54 Å². The number of rotatable bonds is 5. The monoisotopic (exact) mass is 385 g/mol. The Kier molecular flexibility index (Phi) is 6.97. The van der Waals surface area contributed by atoms with Crippen LogP contribution in [0.5, 0.6) is 0 Å². The molecule has 1 aliphatic rings. The zero-order chi connectivity index (χ0) is 19.9. The van der Waals surface area contributed by atoms with E-state index in [2.05, 4.69) is 14.7 Å². The van der Waals surface area contributed by atoms with Crippen molar-refractivity contribution in [2.24, 2.45) is 0 Å². The lowest BCUT2D eigenvalue weighted by Crippen LogP contribution is -2.41. The van der Waals surface area contributed by atoms with Gasteiger partial charge < -0.3 is 31.5 Å². The third-order valence-corrected chi connectivity index (χ3v) is 5.21. The van der Waals surface area contributed by atoms with Crippen LogP contribution in [0.3, 0.4) is 0 Å². The van der Waals surface area contributed by atoms with Crippen molar-refractivity contribution in [3.05, 3.63) is 48.5 Å². The lowest BCUT2D eigenvalue weighted by molar-refractivity contribution is 0.0609. The first-order chi connectivity index (χ1) is 13.5. The summed E-state index contributed by atoms with van der Waals surface area (Å²) >= 11 is 0. The molecule has 1 atom stereocenters. The van der Waals surface area contributed by atoms with Crippen molar-refractivity contribution in [1.29, 1.82) is 0 Å². The number of aliphatic hydroxyl groups is 2. The van der Waals surface area contributed by atoms with Crippen molar-refractivity contribution in [2.75, 3.05) is 73.7 Å². The van der Waals surface area contributed by atoms with E-state index in [1.165, 1.54) is 0 Å². The molecule has 0 radical (unpaired) electrons. The van der Waals surface area contributed by atoms with Crippen LogP contribution < -0.4 is 21.3 Å². The Hall–Kier alpha value is -2.48. The average molecular weight is 386 g/mol. The fourth-order valence-corrected chi connectivity index (χ4v) is 3.53. The number of nitrogens with zero attached hydrogens (tertiary/aromatic N) is 3. The summed E-state index contributed by atoms with van der Waals surface area (Å²) in [5, 5.41) is 19.2. The summed E-state index contributed by atoms with van der Waals surface area (Å²) in [6.45, 7) is 5.32. The van der Waals surface area contributed by atoms with Crippen LogP contribution in [0.25, 0.3) is 0 Å². The first-order valence-corrected chi connectivity index (χ1v) is 9.77. The molecule has 0 saturated carbocycles. The van der Waals surface area contributed by atoms with Gasteiger partial charge >= 0.3 is 0 Å². The lowest BCUT2D eigenvalue weighted by atomic mass is 10.2. The van der Waals surface area contributed by atoms with E-state index in [-0.39, 0.29) is 6.61 Å². The highest BCUT2D eigenvalue weighted by Crippen LogP contribution is 2.20. The maximum absolute atomic E-state index is 9.92. The van der Waals surface area contributed by atoms with E-state index in [1.54, 1.807) is 0 Å². The van der Waals surface area contributed by atoms with Gasteiger partial charge in [0.15, 0.2) is 0 Å². The van der Waals surface area contributed by atoms with E-state index in [9.17, 15) is 10.2 Å². The number of nitrogen functional groups attached to an aromatic ring is 2. The fraction of sp³-hybridized carbons (Fsp3) is 0.429. The molecule has 1 aliphatic heterocycles. The third-order valence-electron chi connectivity index (χ3n) is 5.21. The lowest BCUT2D eigenvalue weighted by Gasteiger charge is -2.29. The Balaban J connectivity index is 1.79. The minimum Gasteiger partial charge on any atom is -0.399 e. The molecule has 1 unspecified atom stereocenters. The Morgan fingerprint density at radius 3 is 1.50 bits per heavy atom. The van der Waals surface area contributed by atoms with Gasteiger partial charge in [-0.2, -0.15) is 0 Å². The molecule has 152 valence electrons. The number of nitrogens with two attached hydrogens (primary N) is 2. The topological polar surface area (TPSA) is 102 Å². The van der Waals surface area contributed by atoms with Gasteiger partial charge in [0.25, 0.3) is 0 Å². The van der Waals surface area contributed by atoms with E-state index >= 15 is 0 Å². The molecule has 0 bridgehead atoms. The second kappa shape index (κ2) is 9.64. The smallest absolute Gasteiger partial charge is 0.0897 e. The van der Waals surface area contributed by atoms with Gasteiger partial charge in [0, 0.05) is 68.6 Å². The number of hydrogen-bond acceptors (Lipinski definition) is 7. The maximum Gasteiger partial charge on any atom is 0.0897 e. The van der Waals surface area contributed by atoms with Gasteiger partial charge in [0.05, 0.1) is 12.7 Å². The third kappa shape index (κ3) is 5.51. The maximum atomic E-state index is 9.92. The number of aliphatic hydroxyl groups excluding tert-OH is 2. The Bertz CT molecular complexity index is 665. The molecule has 2 aromatic carbocycles. The molecule has 7 nitrogen and oxygen atoms in total. The number of anilines is 4. The van der Waals surface area contributed by atoms with Crippen LogP contribution >= 0.6 is 0 Å². The normalized spacial score (nSPS) is 17.6. The second-order valence-electron chi connectivity index (χ2n) is 7.29. The summed E-state index contributed by atoms with van der Waals surface area (Å²) < 4.78 is 0. The van der Waals surface area contributed by atoms with Crippen LogP contribution in [-0.2, 0) is 0 Å². The van der Waals surface area contributed by atoms with E-state index < -0.39 is 6.10 Å². The van der Waals surface area contributed by atoms with E-state index in [0.717, 1.165) is 62.0 Å². The largest absolute Gasteiger partial charge is 0.399 e. The van der Waals surface area contributed by atoms with Crippen molar-refractivity contribution < 1.29 is 10.2 Å². The van der Waals surface area contributed by atoms with Crippen LogP contribution in [0.1, 0.15) is 0 Å². The van der Waals surface area contributed by atoms with Gasteiger partial charge in [0.1, 0.15) is 0 Å². The molecule has 0 amide bonds. The van der Waals surface area contributed by atoms with Crippen LogP contribution in [0.4, 0.5) is 22.7 Å².